The van der Waals surface area contributed by atoms with E-state index in [2.05, 4.69) is 10.0 Å². The topological polar surface area (TPSA) is 95.5 Å². The third kappa shape index (κ3) is 5.05. The smallest absolute Gasteiger partial charge is 0.251 e. The van der Waals surface area contributed by atoms with Gasteiger partial charge in [0.1, 0.15) is 0 Å². The summed E-state index contributed by atoms with van der Waals surface area (Å²) in [5.41, 5.74) is 0.0379. The molecule has 1 aliphatic rings. The van der Waals surface area contributed by atoms with Gasteiger partial charge in [0.25, 0.3) is 5.91 Å². The summed E-state index contributed by atoms with van der Waals surface area (Å²) in [5, 5.41) is 13.5. The molecule has 1 saturated carbocycles. The van der Waals surface area contributed by atoms with Crippen LogP contribution in [0.3, 0.4) is 0 Å². The summed E-state index contributed by atoms with van der Waals surface area (Å²) in [6.07, 6.45) is 5.36. The van der Waals surface area contributed by atoms with E-state index in [1.165, 1.54) is 18.6 Å². The van der Waals surface area contributed by atoms with Gasteiger partial charge in [0.2, 0.25) is 10.0 Å². The van der Waals surface area contributed by atoms with Crippen LogP contribution < -0.4 is 10.0 Å². The minimum Gasteiger partial charge on any atom is -0.388 e. The van der Waals surface area contributed by atoms with Crippen molar-refractivity contribution in [3.05, 3.63) is 29.3 Å². The van der Waals surface area contributed by atoms with Crippen LogP contribution in [0.1, 0.15) is 61.9 Å². The fourth-order valence-electron chi connectivity index (χ4n) is 3.51. The first-order chi connectivity index (χ1) is 12.2. The highest BCUT2D eigenvalue weighted by Gasteiger charge is 2.33. The number of carbonyl (C=O) groups is 1. The van der Waals surface area contributed by atoms with E-state index >= 15 is 0 Å². The van der Waals surface area contributed by atoms with Gasteiger partial charge < -0.3 is 10.4 Å². The monoisotopic (exact) mass is 382 g/mol. The summed E-state index contributed by atoms with van der Waals surface area (Å²) in [5.74, 6) is -0.190. The fourth-order valence-corrected chi connectivity index (χ4v) is 4.58. The number of benzene rings is 1. The average molecular weight is 383 g/mol. The Hall–Kier alpha value is -1.44. The van der Waals surface area contributed by atoms with E-state index < -0.39 is 15.6 Å². The molecule has 1 aromatic carbocycles. The van der Waals surface area contributed by atoms with E-state index in [0.29, 0.717) is 11.1 Å². The van der Waals surface area contributed by atoms with Crippen LogP contribution in [-0.4, -0.2) is 38.1 Å². The van der Waals surface area contributed by atoms with E-state index in [4.69, 9.17) is 0 Å². The Bertz CT molecular complexity index is 738. The maximum absolute atomic E-state index is 12.6. The maximum Gasteiger partial charge on any atom is 0.251 e. The van der Waals surface area contributed by atoms with E-state index in [1.54, 1.807) is 26.8 Å². The lowest BCUT2D eigenvalue weighted by Gasteiger charge is -2.35. The largest absolute Gasteiger partial charge is 0.388 e. The number of sulfonamides is 1. The molecule has 1 atom stereocenters. The van der Waals surface area contributed by atoms with Crippen molar-refractivity contribution in [3.8, 4) is 0 Å². The molecule has 0 bridgehead atoms. The zero-order chi connectivity index (χ0) is 19.4. The molecule has 26 heavy (non-hydrogen) atoms. The van der Waals surface area contributed by atoms with E-state index in [9.17, 15) is 18.3 Å². The lowest BCUT2D eigenvalue weighted by Crippen LogP contribution is -2.46. The van der Waals surface area contributed by atoms with Gasteiger partial charge in [0, 0.05) is 18.7 Å². The molecule has 7 heteroatoms. The third-order valence-corrected chi connectivity index (χ3v) is 6.73. The number of nitrogens with one attached hydrogen (secondary N) is 2. The molecule has 0 aliphatic heterocycles. The molecule has 146 valence electrons. The van der Waals surface area contributed by atoms with Crippen molar-refractivity contribution in [2.75, 3.05) is 13.1 Å². The number of hydrogen-bond acceptors (Lipinski definition) is 4. The van der Waals surface area contributed by atoms with Crippen molar-refractivity contribution >= 4 is 15.9 Å². The summed E-state index contributed by atoms with van der Waals surface area (Å²) in [6.45, 7) is 5.66. The Balaban J connectivity index is 2.11. The molecule has 1 fully saturated rings. The molecule has 0 spiro atoms. The van der Waals surface area contributed by atoms with Gasteiger partial charge in [-0.25, -0.2) is 13.1 Å². The SMILES string of the molecule is CCNS(=O)(=O)c1ccc(C)c(C(=O)NC[C@](C)(O)C2CCCCC2)c1. The van der Waals surface area contributed by atoms with Gasteiger partial charge in [-0.05, 0) is 50.3 Å². The lowest BCUT2D eigenvalue weighted by molar-refractivity contribution is -0.0143. The summed E-state index contributed by atoms with van der Waals surface area (Å²) in [4.78, 5) is 12.7. The molecule has 0 heterocycles. The van der Waals surface area contributed by atoms with Gasteiger partial charge in [-0.2, -0.15) is 0 Å². The standard InChI is InChI=1S/C19H30N2O4S/c1-4-21-26(24,25)16-11-10-14(2)17(12-16)18(22)20-13-19(3,23)15-8-6-5-7-9-15/h10-12,15,21,23H,4-9,13H2,1-3H3,(H,20,22)/t19-/m0/s1. The van der Waals surface area contributed by atoms with E-state index in [0.717, 1.165) is 25.7 Å². The predicted octanol–water partition coefficient (Wildman–Crippen LogP) is 2.35. The van der Waals surface area contributed by atoms with Gasteiger partial charge in [0.15, 0.2) is 0 Å². The van der Waals surface area contributed by atoms with Crippen LogP contribution in [0.5, 0.6) is 0 Å². The second-order valence-electron chi connectivity index (χ2n) is 7.35. The molecular formula is C19H30N2O4S. The van der Waals surface area contributed by atoms with Gasteiger partial charge in [-0.15, -0.1) is 0 Å². The van der Waals surface area contributed by atoms with Crippen LogP contribution in [0.15, 0.2) is 23.1 Å². The Kier molecular flexibility index (Phi) is 6.82. The first kappa shape index (κ1) is 20.9. The van der Waals surface area contributed by atoms with Crippen LogP contribution in [0, 0.1) is 12.8 Å². The highest BCUT2D eigenvalue weighted by Crippen LogP contribution is 2.32. The van der Waals surface area contributed by atoms with Gasteiger partial charge >= 0.3 is 0 Å². The zero-order valence-corrected chi connectivity index (χ0v) is 16.7. The summed E-state index contributed by atoms with van der Waals surface area (Å²) < 4.78 is 26.7. The van der Waals surface area contributed by atoms with Gasteiger partial charge in [-0.3, -0.25) is 4.79 Å². The Morgan fingerprint density at radius 2 is 1.92 bits per heavy atom. The van der Waals surface area contributed by atoms with Crippen molar-refractivity contribution in [2.24, 2.45) is 5.92 Å². The number of carbonyl (C=O) groups excluding carboxylic acids is 1. The molecule has 1 amide bonds. The fraction of sp³-hybridized carbons (Fsp3) is 0.632. The van der Waals surface area contributed by atoms with Crippen LogP contribution in [0.4, 0.5) is 0 Å². The van der Waals surface area contributed by atoms with Crippen molar-refractivity contribution in [2.45, 2.75) is 63.4 Å². The van der Waals surface area contributed by atoms with E-state index in [-0.39, 0.29) is 29.8 Å². The van der Waals surface area contributed by atoms with Gasteiger partial charge in [0.05, 0.1) is 10.5 Å². The molecule has 6 nitrogen and oxygen atoms in total. The molecular weight excluding hydrogens is 352 g/mol. The Morgan fingerprint density at radius 3 is 2.54 bits per heavy atom. The van der Waals surface area contributed by atoms with Crippen molar-refractivity contribution < 1.29 is 18.3 Å². The van der Waals surface area contributed by atoms with Crippen LogP contribution in [-0.2, 0) is 10.0 Å². The number of aryl methyl sites for hydroxylation is 1. The Morgan fingerprint density at radius 1 is 1.27 bits per heavy atom. The van der Waals surface area contributed by atoms with Crippen molar-refractivity contribution in [1.82, 2.24) is 10.0 Å². The quantitative estimate of drug-likeness (QED) is 0.674. The Labute approximate surface area is 156 Å². The second kappa shape index (κ2) is 8.50. The van der Waals surface area contributed by atoms with Crippen molar-refractivity contribution in [3.63, 3.8) is 0 Å². The van der Waals surface area contributed by atoms with Crippen molar-refractivity contribution in [1.29, 1.82) is 0 Å². The maximum atomic E-state index is 12.6. The van der Waals surface area contributed by atoms with Crippen LogP contribution in [0.2, 0.25) is 0 Å². The summed E-state index contributed by atoms with van der Waals surface area (Å²) >= 11 is 0. The molecule has 0 saturated heterocycles. The predicted molar refractivity (Wildman–Crippen MR) is 102 cm³/mol. The average Bonchev–Trinajstić information content (AvgIpc) is 2.60. The second-order valence-corrected chi connectivity index (χ2v) is 9.12. The highest BCUT2D eigenvalue weighted by molar-refractivity contribution is 7.89. The number of aliphatic hydroxyl groups is 1. The molecule has 0 radical (unpaired) electrons. The highest BCUT2D eigenvalue weighted by atomic mass is 32.2. The minimum atomic E-state index is -3.62. The van der Waals surface area contributed by atoms with Gasteiger partial charge in [-0.1, -0.05) is 32.3 Å². The summed E-state index contributed by atoms with van der Waals surface area (Å²) in [6, 6.07) is 4.50. The molecule has 3 N–H and O–H groups in total. The van der Waals surface area contributed by atoms with Crippen LogP contribution >= 0.6 is 0 Å². The zero-order valence-electron chi connectivity index (χ0n) is 15.8. The molecule has 2 rings (SSSR count). The number of rotatable bonds is 7. The minimum absolute atomic E-state index is 0.0640. The van der Waals surface area contributed by atoms with Crippen LogP contribution in [0.25, 0.3) is 0 Å². The first-order valence-corrected chi connectivity index (χ1v) is 10.8. The molecule has 1 aliphatic carbocycles. The first-order valence-electron chi connectivity index (χ1n) is 9.28. The molecule has 1 aromatic rings. The number of amides is 1. The van der Waals surface area contributed by atoms with E-state index in [1.807, 2.05) is 0 Å². The molecule has 0 aromatic heterocycles. The summed E-state index contributed by atoms with van der Waals surface area (Å²) in [7, 11) is -3.62. The number of hydrogen-bond donors (Lipinski definition) is 3. The normalized spacial score (nSPS) is 18.3. The lowest BCUT2D eigenvalue weighted by atomic mass is 9.78. The third-order valence-electron chi connectivity index (χ3n) is 5.19. The molecule has 0 unspecified atom stereocenters.